The van der Waals surface area contributed by atoms with Gasteiger partial charge in [0.2, 0.25) is 0 Å². The number of benzene rings is 1. The molecule has 0 saturated carbocycles. The van der Waals surface area contributed by atoms with Gasteiger partial charge < -0.3 is 5.73 Å². The summed E-state index contributed by atoms with van der Waals surface area (Å²) >= 11 is 5.91. The van der Waals surface area contributed by atoms with Crippen LogP contribution in [-0.4, -0.2) is 4.98 Å². The summed E-state index contributed by atoms with van der Waals surface area (Å²) in [7, 11) is 0. The average Bonchev–Trinajstić information content (AvgIpc) is 2.20. The number of nitrogens with zero attached hydrogens (tertiary/aromatic N) is 1. The fraction of sp³-hybridized carbons (Fsp3) is 0. The van der Waals surface area contributed by atoms with Gasteiger partial charge >= 0.3 is 0 Å². The summed E-state index contributed by atoms with van der Waals surface area (Å²) in [5.74, 6) is 0.0113. The van der Waals surface area contributed by atoms with Crippen molar-refractivity contribution in [2.24, 2.45) is 0 Å². The van der Waals surface area contributed by atoms with E-state index in [1.165, 1.54) is 12.1 Å². The molecule has 76 valence electrons. The number of halogens is 2. The standard InChI is InChI=1S/C11H8ClFN2/c12-10-6-7(13)3-4-8(10)9-2-1-5-15-11(9)14/h1-6H,(H2,14,15). The molecular formula is C11H8ClFN2. The van der Waals surface area contributed by atoms with E-state index >= 15 is 0 Å². The van der Waals surface area contributed by atoms with Gasteiger partial charge in [-0.2, -0.15) is 0 Å². The smallest absolute Gasteiger partial charge is 0.131 e. The number of pyridine rings is 1. The van der Waals surface area contributed by atoms with Crippen molar-refractivity contribution in [3.8, 4) is 11.1 Å². The fourth-order valence-electron chi connectivity index (χ4n) is 1.35. The first-order chi connectivity index (χ1) is 7.18. The number of hydrogen-bond donors (Lipinski definition) is 1. The highest BCUT2D eigenvalue weighted by atomic mass is 35.5. The van der Waals surface area contributed by atoms with Crippen LogP contribution in [-0.2, 0) is 0 Å². The van der Waals surface area contributed by atoms with Crippen LogP contribution in [0.4, 0.5) is 10.2 Å². The van der Waals surface area contributed by atoms with Gasteiger partial charge in [-0.25, -0.2) is 9.37 Å². The van der Waals surface area contributed by atoms with E-state index in [1.807, 2.05) is 0 Å². The molecule has 2 nitrogen and oxygen atoms in total. The lowest BCUT2D eigenvalue weighted by molar-refractivity contribution is 0.628. The van der Waals surface area contributed by atoms with Crippen LogP contribution >= 0.6 is 11.6 Å². The Morgan fingerprint density at radius 3 is 2.67 bits per heavy atom. The Hall–Kier alpha value is -1.61. The van der Waals surface area contributed by atoms with E-state index in [0.717, 1.165) is 0 Å². The summed E-state index contributed by atoms with van der Waals surface area (Å²) in [5.41, 5.74) is 7.09. The topological polar surface area (TPSA) is 38.9 Å². The van der Waals surface area contributed by atoms with Crippen molar-refractivity contribution in [2.75, 3.05) is 5.73 Å². The summed E-state index contributed by atoms with van der Waals surface area (Å²) in [6.07, 6.45) is 1.59. The fourth-order valence-corrected chi connectivity index (χ4v) is 1.62. The van der Waals surface area contributed by atoms with E-state index in [0.29, 0.717) is 22.0 Å². The molecule has 0 unspecified atom stereocenters. The highest BCUT2D eigenvalue weighted by molar-refractivity contribution is 6.33. The van der Waals surface area contributed by atoms with Crippen molar-refractivity contribution in [3.05, 3.63) is 47.4 Å². The summed E-state index contributed by atoms with van der Waals surface area (Å²) in [4.78, 5) is 3.94. The maximum absolute atomic E-state index is 12.8. The predicted molar refractivity (Wildman–Crippen MR) is 59.1 cm³/mol. The van der Waals surface area contributed by atoms with Crippen molar-refractivity contribution < 1.29 is 4.39 Å². The van der Waals surface area contributed by atoms with Crippen LogP contribution in [0.2, 0.25) is 5.02 Å². The number of rotatable bonds is 1. The minimum atomic E-state index is -0.369. The average molecular weight is 223 g/mol. The molecule has 2 N–H and O–H groups in total. The minimum Gasteiger partial charge on any atom is -0.383 e. The third-order valence-electron chi connectivity index (χ3n) is 2.06. The monoisotopic (exact) mass is 222 g/mol. The maximum Gasteiger partial charge on any atom is 0.131 e. The van der Waals surface area contributed by atoms with Gasteiger partial charge in [0.15, 0.2) is 0 Å². The Balaban J connectivity index is 2.60. The first kappa shape index (κ1) is 9.93. The van der Waals surface area contributed by atoms with Crippen LogP contribution < -0.4 is 5.73 Å². The Kier molecular flexibility index (Phi) is 2.56. The van der Waals surface area contributed by atoms with Gasteiger partial charge in [-0.05, 0) is 30.3 Å². The van der Waals surface area contributed by atoms with Gasteiger partial charge in [-0.3, -0.25) is 0 Å². The Morgan fingerprint density at radius 2 is 2.00 bits per heavy atom. The van der Waals surface area contributed by atoms with E-state index in [9.17, 15) is 4.39 Å². The molecule has 2 rings (SSSR count). The molecule has 0 bridgehead atoms. The zero-order valence-corrected chi connectivity index (χ0v) is 8.50. The first-order valence-corrected chi connectivity index (χ1v) is 4.72. The second-order valence-corrected chi connectivity index (χ2v) is 3.47. The van der Waals surface area contributed by atoms with Crippen molar-refractivity contribution in [1.82, 2.24) is 4.98 Å². The summed E-state index contributed by atoms with van der Waals surface area (Å²) in [6, 6.07) is 7.73. The number of nitrogens with two attached hydrogens (primary N) is 1. The lowest BCUT2D eigenvalue weighted by atomic mass is 10.1. The molecule has 1 aromatic heterocycles. The summed E-state index contributed by atoms with van der Waals surface area (Å²) < 4.78 is 12.8. The highest BCUT2D eigenvalue weighted by Gasteiger charge is 2.07. The normalized spacial score (nSPS) is 10.3. The number of hydrogen-bond acceptors (Lipinski definition) is 2. The molecule has 2 aromatic rings. The Labute approximate surface area is 91.5 Å². The lowest BCUT2D eigenvalue weighted by Crippen LogP contribution is -1.93. The number of anilines is 1. The molecule has 1 heterocycles. The van der Waals surface area contributed by atoms with E-state index in [4.69, 9.17) is 17.3 Å². The maximum atomic E-state index is 12.8. The molecule has 0 aliphatic rings. The van der Waals surface area contributed by atoms with Gasteiger partial charge in [0, 0.05) is 17.3 Å². The molecule has 0 spiro atoms. The Bertz CT molecular complexity index is 500. The second kappa shape index (κ2) is 3.87. The van der Waals surface area contributed by atoms with Crippen molar-refractivity contribution in [2.45, 2.75) is 0 Å². The second-order valence-electron chi connectivity index (χ2n) is 3.06. The summed E-state index contributed by atoms with van der Waals surface area (Å²) in [6.45, 7) is 0. The highest BCUT2D eigenvalue weighted by Crippen LogP contribution is 2.30. The molecule has 0 fully saturated rings. The van der Waals surface area contributed by atoms with Crippen LogP contribution in [0.25, 0.3) is 11.1 Å². The van der Waals surface area contributed by atoms with Crippen LogP contribution in [0.5, 0.6) is 0 Å². The van der Waals surface area contributed by atoms with Gasteiger partial charge in [0.25, 0.3) is 0 Å². The van der Waals surface area contributed by atoms with Gasteiger partial charge in [0.1, 0.15) is 11.6 Å². The van der Waals surface area contributed by atoms with Gasteiger partial charge in [0.05, 0.1) is 5.02 Å². The quantitative estimate of drug-likeness (QED) is 0.805. The largest absolute Gasteiger partial charge is 0.383 e. The molecule has 0 atom stereocenters. The lowest BCUT2D eigenvalue weighted by Gasteiger charge is -2.06. The number of aromatic nitrogens is 1. The van der Waals surface area contributed by atoms with Crippen molar-refractivity contribution in [3.63, 3.8) is 0 Å². The molecular weight excluding hydrogens is 215 g/mol. The van der Waals surface area contributed by atoms with Gasteiger partial charge in [-0.1, -0.05) is 11.6 Å². The molecule has 0 saturated heterocycles. The zero-order chi connectivity index (χ0) is 10.8. The van der Waals surface area contributed by atoms with Crippen LogP contribution in [0.3, 0.4) is 0 Å². The third-order valence-corrected chi connectivity index (χ3v) is 2.37. The van der Waals surface area contributed by atoms with Crippen LogP contribution in [0.15, 0.2) is 36.5 Å². The first-order valence-electron chi connectivity index (χ1n) is 4.34. The van der Waals surface area contributed by atoms with E-state index in [-0.39, 0.29) is 5.82 Å². The Morgan fingerprint density at radius 1 is 1.20 bits per heavy atom. The third kappa shape index (κ3) is 1.92. The van der Waals surface area contributed by atoms with E-state index < -0.39 is 0 Å². The number of nitrogen functional groups attached to an aromatic ring is 1. The molecule has 0 aliphatic carbocycles. The minimum absolute atomic E-state index is 0.328. The predicted octanol–water partition coefficient (Wildman–Crippen LogP) is 3.12. The molecule has 15 heavy (non-hydrogen) atoms. The van der Waals surface area contributed by atoms with Crippen molar-refractivity contribution in [1.29, 1.82) is 0 Å². The van der Waals surface area contributed by atoms with Crippen LogP contribution in [0.1, 0.15) is 0 Å². The SMILES string of the molecule is Nc1ncccc1-c1ccc(F)cc1Cl. The molecule has 4 heteroatoms. The van der Waals surface area contributed by atoms with Crippen LogP contribution in [0, 0.1) is 5.82 Å². The van der Waals surface area contributed by atoms with Crippen molar-refractivity contribution >= 4 is 17.4 Å². The molecule has 0 aliphatic heterocycles. The molecule has 0 radical (unpaired) electrons. The zero-order valence-electron chi connectivity index (χ0n) is 7.74. The molecule has 1 aromatic carbocycles. The van der Waals surface area contributed by atoms with E-state index in [1.54, 1.807) is 24.4 Å². The van der Waals surface area contributed by atoms with E-state index in [2.05, 4.69) is 4.98 Å². The van der Waals surface area contributed by atoms with Gasteiger partial charge in [-0.15, -0.1) is 0 Å². The summed E-state index contributed by atoms with van der Waals surface area (Å²) in [5, 5.41) is 0.328. The molecule has 0 amide bonds.